The van der Waals surface area contributed by atoms with Crippen molar-refractivity contribution in [2.24, 2.45) is 0 Å². The van der Waals surface area contributed by atoms with Crippen molar-refractivity contribution in [2.75, 3.05) is 47.5 Å². The van der Waals surface area contributed by atoms with Gasteiger partial charge in [-0.25, -0.2) is 4.57 Å². The zero-order chi connectivity index (χ0) is 40.7. The van der Waals surface area contributed by atoms with E-state index >= 15 is 0 Å². The Morgan fingerprint density at radius 3 is 1.47 bits per heavy atom. The van der Waals surface area contributed by atoms with E-state index in [9.17, 15) is 19.4 Å². The van der Waals surface area contributed by atoms with Gasteiger partial charge in [0, 0.05) is 13.0 Å². The number of phosphoric ester groups is 1. The third-order valence-corrected chi connectivity index (χ3v) is 10.7. The summed E-state index contributed by atoms with van der Waals surface area (Å²) in [7, 11) is 1.31. The van der Waals surface area contributed by atoms with Gasteiger partial charge in [0.15, 0.2) is 11.9 Å². The first kappa shape index (κ1) is 53.6. The molecule has 0 aromatic carbocycles. The predicted octanol–water partition coefficient (Wildman–Crippen LogP) is 12.5. The van der Waals surface area contributed by atoms with Crippen LogP contribution in [0.3, 0.4) is 0 Å². The summed E-state index contributed by atoms with van der Waals surface area (Å²) in [6, 6.07) is 0. The molecule has 0 aliphatic carbocycles. The molecule has 0 heterocycles. The van der Waals surface area contributed by atoms with Gasteiger partial charge in [0.05, 0.1) is 27.7 Å². The minimum Gasteiger partial charge on any atom is -0.394 e. The topological polar surface area (TPSA) is 102 Å². The lowest BCUT2D eigenvalue weighted by atomic mass is 10.0. The fourth-order valence-electron chi connectivity index (χ4n) is 6.15. The number of allylic oxidation sites excluding steroid dienone is 8. The zero-order valence-electron chi connectivity index (χ0n) is 36.3. The van der Waals surface area contributed by atoms with Gasteiger partial charge in [-0.05, 0) is 57.8 Å². The lowest BCUT2D eigenvalue weighted by Gasteiger charge is -2.27. The zero-order valence-corrected chi connectivity index (χ0v) is 37.2. The van der Waals surface area contributed by atoms with Gasteiger partial charge >= 0.3 is 7.82 Å². The van der Waals surface area contributed by atoms with E-state index in [0.29, 0.717) is 24.1 Å². The van der Waals surface area contributed by atoms with Crippen LogP contribution in [0.5, 0.6) is 0 Å². The Balaban J connectivity index is 4.57. The minimum atomic E-state index is -4.55. The minimum absolute atomic E-state index is 0.000629. The van der Waals surface area contributed by atoms with Crippen LogP contribution < -0.4 is 0 Å². The largest absolute Gasteiger partial charge is 0.473 e. The molecular formula is C46H87NO7P+. The molecule has 0 saturated heterocycles. The van der Waals surface area contributed by atoms with Crippen LogP contribution in [0.4, 0.5) is 0 Å². The van der Waals surface area contributed by atoms with Crippen molar-refractivity contribution in [3.8, 4) is 0 Å². The Hall–Kier alpha value is -1.38. The number of ether oxygens (including phenoxy) is 1. The molecule has 9 heteroatoms. The molecule has 0 aromatic rings. The average molecular weight is 797 g/mol. The maximum absolute atomic E-state index is 13.4. The molecule has 0 bridgehead atoms. The first-order valence-corrected chi connectivity index (χ1v) is 23.9. The van der Waals surface area contributed by atoms with E-state index in [2.05, 4.69) is 62.5 Å². The normalized spacial score (nSPS) is 14.9. The third kappa shape index (κ3) is 37.9. The van der Waals surface area contributed by atoms with E-state index in [-0.39, 0.29) is 18.8 Å². The molecule has 2 N–H and O–H groups in total. The fraction of sp³-hybridized carbons (Fsp3) is 0.804. The van der Waals surface area contributed by atoms with Gasteiger partial charge in [-0.1, -0.05) is 165 Å². The quantitative estimate of drug-likeness (QED) is 0.0275. The Labute approximate surface area is 339 Å². The van der Waals surface area contributed by atoms with Crippen LogP contribution >= 0.6 is 7.82 Å². The van der Waals surface area contributed by atoms with E-state index in [4.69, 9.17) is 13.8 Å². The van der Waals surface area contributed by atoms with Crippen molar-refractivity contribution in [1.29, 1.82) is 0 Å². The summed E-state index contributed by atoms with van der Waals surface area (Å²) in [6.07, 6.45) is 44.3. The van der Waals surface area contributed by atoms with Crippen molar-refractivity contribution in [3.05, 3.63) is 48.6 Å². The molecule has 0 aliphatic rings. The predicted molar refractivity (Wildman–Crippen MR) is 233 cm³/mol. The Kier molecular flexibility index (Phi) is 37.2. The highest BCUT2D eigenvalue weighted by Crippen LogP contribution is 2.45. The number of hydrogen-bond acceptors (Lipinski definition) is 6. The first-order valence-electron chi connectivity index (χ1n) is 22.4. The molecule has 322 valence electrons. The highest BCUT2D eigenvalue weighted by atomic mass is 31.2. The summed E-state index contributed by atoms with van der Waals surface area (Å²) in [5.74, 6) is -0.334. The number of unbranched alkanes of at least 4 members (excludes halogenated alkanes) is 19. The molecule has 0 amide bonds. The molecule has 0 rings (SSSR count). The van der Waals surface area contributed by atoms with Crippen LogP contribution in [0.1, 0.15) is 181 Å². The molecule has 0 aliphatic heterocycles. The fourth-order valence-corrected chi connectivity index (χ4v) is 7.06. The van der Waals surface area contributed by atoms with Gasteiger partial charge in [0.2, 0.25) is 0 Å². The number of Topliss-reactive ketones (excluding diaryl/α,β-unsaturated/α-hetero) is 1. The average Bonchev–Trinajstić information content (AvgIpc) is 3.14. The number of carbonyl (C=O) groups excluding carboxylic acids is 1. The molecule has 0 fully saturated rings. The summed E-state index contributed by atoms with van der Waals surface area (Å²) in [5.41, 5.74) is 0. The second-order valence-corrected chi connectivity index (χ2v) is 17.6. The summed E-state index contributed by atoms with van der Waals surface area (Å²) in [4.78, 5) is 23.9. The van der Waals surface area contributed by atoms with Crippen LogP contribution in [0, 0.1) is 0 Å². The van der Waals surface area contributed by atoms with Gasteiger partial charge in [-0.15, -0.1) is 0 Å². The molecule has 8 nitrogen and oxygen atoms in total. The van der Waals surface area contributed by atoms with E-state index in [1.165, 1.54) is 96.3 Å². The summed E-state index contributed by atoms with van der Waals surface area (Å²) in [6.45, 7) is 4.80. The number of quaternary nitrogens is 1. The van der Waals surface area contributed by atoms with Crippen molar-refractivity contribution >= 4 is 13.6 Å². The summed E-state index contributed by atoms with van der Waals surface area (Å²) in [5, 5.41) is 10.2. The van der Waals surface area contributed by atoms with Gasteiger partial charge in [0.25, 0.3) is 0 Å². The molecule has 2 unspecified atom stereocenters. The number of aliphatic hydroxyl groups excluding tert-OH is 1. The van der Waals surface area contributed by atoms with Crippen molar-refractivity contribution < 1.29 is 37.6 Å². The second kappa shape index (κ2) is 38.2. The Bertz CT molecular complexity index is 1040. The highest BCUT2D eigenvalue weighted by Gasteiger charge is 2.37. The Morgan fingerprint density at radius 2 is 1.02 bits per heavy atom. The molecule has 0 saturated carbocycles. The molecule has 0 spiro atoms. The number of hydrogen-bond donors (Lipinski definition) is 2. The van der Waals surface area contributed by atoms with Crippen LogP contribution in [-0.4, -0.2) is 80.0 Å². The molecule has 0 aromatic heterocycles. The molecule has 3 atom stereocenters. The van der Waals surface area contributed by atoms with Crippen LogP contribution in [0.15, 0.2) is 48.6 Å². The van der Waals surface area contributed by atoms with Gasteiger partial charge in [-0.3, -0.25) is 13.8 Å². The number of ketones is 1. The summed E-state index contributed by atoms with van der Waals surface area (Å²) < 4.78 is 30.0. The van der Waals surface area contributed by atoms with Crippen molar-refractivity contribution in [3.63, 3.8) is 0 Å². The van der Waals surface area contributed by atoms with E-state index in [0.717, 1.165) is 57.8 Å². The van der Waals surface area contributed by atoms with E-state index in [1.807, 2.05) is 21.1 Å². The van der Waals surface area contributed by atoms with Crippen molar-refractivity contribution in [1.82, 2.24) is 0 Å². The Morgan fingerprint density at radius 1 is 0.600 bits per heavy atom. The number of likely N-dealkylation sites (N-methyl/N-ethyl adjacent to an activating group) is 1. The number of aliphatic hydroxyl groups is 1. The number of rotatable bonds is 41. The molecular weight excluding hydrogens is 709 g/mol. The highest BCUT2D eigenvalue weighted by molar-refractivity contribution is 7.47. The standard InChI is InChI=1S/C46H86NO7P/c1-6-8-10-12-14-16-18-20-22-23-24-26-28-30-32-34-36-38-41-52-45(43-48)46(54-55(50,51)53-42-40-47(3,4)5)44(49)39-37-35-33-31-29-27-25-21-19-17-15-13-11-9-7-2/h14,16,20,22,24,26,30,32,45-46,48H,6-13,15,17-19,21,23,25,27-29,31,33-43H2,1-5H3/p+1/b16-14-,22-20-,26-24-,32-30-/t45-,46?/m0/s1. The van der Waals surface area contributed by atoms with Gasteiger partial charge in [0.1, 0.15) is 19.3 Å². The maximum atomic E-state index is 13.4. The monoisotopic (exact) mass is 797 g/mol. The van der Waals surface area contributed by atoms with E-state index < -0.39 is 26.6 Å². The second-order valence-electron chi connectivity index (χ2n) is 16.2. The lowest BCUT2D eigenvalue weighted by molar-refractivity contribution is -0.870. The summed E-state index contributed by atoms with van der Waals surface area (Å²) >= 11 is 0. The number of nitrogens with zero attached hydrogens (tertiary/aromatic N) is 1. The maximum Gasteiger partial charge on any atom is 0.473 e. The SMILES string of the molecule is CCCCC/C=C\C/C=C\C/C=C\C/C=C\CCCCO[C@@H](CO)C(OP(=O)(O)OCC[N+](C)(C)C)C(=O)CCCCCCCCCCCCCCCCC. The molecule has 55 heavy (non-hydrogen) atoms. The van der Waals surface area contributed by atoms with Crippen LogP contribution in [0.25, 0.3) is 0 Å². The lowest BCUT2D eigenvalue weighted by Crippen LogP contribution is -2.41. The van der Waals surface area contributed by atoms with Gasteiger partial charge in [-0.2, -0.15) is 0 Å². The molecule has 0 radical (unpaired) electrons. The smallest absolute Gasteiger partial charge is 0.394 e. The number of phosphoric acid groups is 1. The van der Waals surface area contributed by atoms with Gasteiger partial charge < -0.3 is 19.2 Å². The van der Waals surface area contributed by atoms with Crippen LogP contribution in [0.2, 0.25) is 0 Å². The van der Waals surface area contributed by atoms with Crippen molar-refractivity contribution in [2.45, 2.75) is 193 Å². The van der Waals surface area contributed by atoms with E-state index in [1.54, 1.807) is 0 Å². The third-order valence-electron chi connectivity index (χ3n) is 9.68. The number of carbonyl (C=O) groups is 1. The first-order chi connectivity index (χ1) is 26.6. The van der Waals surface area contributed by atoms with Crippen LogP contribution in [-0.2, 0) is 23.1 Å².